The number of carbonyl (C=O) groups is 2. The van der Waals surface area contributed by atoms with Crippen LogP contribution >= 0.6 is 0 Å². The van der Waals surface area contributed by atoms with Gasteiger partial charge in [-0.1, -0.05) is 18.2 Å². The topological polar surface area (TPSA) is 75.6 Å². The first kappa shape index (κ1) is 17.0. The summed E-state index contributed by atoms with van der Waals surface area (Å²) in [4.78, 5) is 22.5. The zero-order valence-electron chi connectivity index (χ0n) is 14.0. The molecule has 0 spiro atoms. The molecular formula is C20H21NO4. The lowest BCUT2D eigenvalue weighted by Crippen LogP contribution is -2.11. The van der Waals surface area contributed by atoms with Crippen LogP contribution in [0.25, 0.3) is 11.1 Å². The quantitative estimate of drug-likeness (QED) is 0.751. The monoisotopic (exact) mass is 339 g/mol. The predicted molar refractivity (Wildman–Crippen MR) is 95.8 cm³/mol. The average molecular weight is 339 g/mol. The molecule has 0 atom stereocenters. The first-order chi connectivity index (χ1) is 12.1. The Morgan fingerprint density at radius 3 is 2.68 bits per heavy atom. The minimum Gasteiger partial charge on any atom is -0.493 e. The molecule has 1 amide bonds. The third kappa shape index (κ3) is 4.59. The molecule has 1 heterocycles. The molecule has 130 valence electrons. The van der Waals surface area contributed by atoms with E-state index >= 15 is 0 Å². The van der Waals surface area contributed by atoms with Gasteiger partial charge in [-0.05, 0) is 53.8 Å². The number of hydrogen-bond acceptors (Lipinski definition) is 3. The summed E-state index contributed by atoms with van der Waals surface area (Å²) in [5.74, 6) is 0.0346. The van der Waals surface area contributed by atoms with E-state index < -0.39 is 5.97 Å². The number of carbonyl (C=O) groups excluding carboxylic acids is 1. The van der Waals surface area contributed by atoms with Gasteiger partial charge < -0.3 is 15.2 Å². The Bertz CT molecular complexity index is 785. The highest BCUT2D eigenvalue weighted by atomic mass is 16.5. The van der Waals surface area contributed by atoms with Gasteiger partial charge in [-0.15, -0.1) is 0 Å². The van der Waals surface area contributed by atoms with Crippen molar-refractivity contribution in [3.63, 3.8) is 0 Å². The van der Waals surface area contributed by atoms with Crippen LogP contribution < -0.4 is 10.1 Å². The zero-order chi connectivity index (χ0) is 17.6. The van der Waals surface area contributed by atoms with Crippen LogP contribution in [-0.4, -0.2) is 23.6 Å². The molecule has 0 unspecified atom stereocenters. The van der Waals surface area contributed by atoms with Crippen molar-refractivity contribution < 1.29 is 19.4 Å². The molecule has 5 heteroatoms. The van der Waals surface area contributed by atoms with Gasteiger partial charge in [0.1, 0.15) is 5.75 Å². The van der Waals surface area contributed by atoms with Crippen LogP contribution in [0.3, 0.4) is 0 Å². The van der Waals surface area contributed by atoms with Gasteiger partial charge >= 0.3 is 5.97 Å². The van der Waals surface area contributed by atoms with E-state index in [4.69, 9.17) is 9.84 Å². The molecule has 2 aromatic carbocycles. The molecule has 2 aromatic rings. The summed E-state index contributed by atoms with van der Waals surface area (Å²) in [6.07, 6.45) is 2.44. The second kappa shape index (κ2) is 7.83. The summed E-state index contributed by atoms with van der Waals surface area (Å²) in [7, 11) is 0. The highest BCUT2D eigenvalue weighted by molar-refractivity contribution is 5.91. The van der Waals surface area contributed by atoms with Gasteiger partial charge in [-0.2, -0.15) is 0 Å². The van der Waals surface area contributed by atoms with Gasteiger partial charge in [0.15, 0.2) is 0 Å². The Labute approximate surface area is 146 Å². The summed E-state index contributed by atoms with van der Waals surface area (Å²) in [6.45, 7) is 0.733. The predicted octanol–water partition coefficient (Wildman–Crippen LogP) is 3.87. The van der Waals surface area contributed by atoms with E-state index in [-0.39, 0.29) is 12.3 Å². The Kier molecular flexibility index (Phi) is 5.33. The molecule has 0 aliphatic carbocycles. The Hall–Kier alpha value is -2.82. The Morgan fingerprint density at radius 2 is 1.84 bits per heavy atom. The van der Waals surface area contributed by atoms with Crippen molar-refractivity contribution in [2.45, 2.75) is 32.1 Å². The largest absolute Gasteiger partial charge is 0.493 e. The highest BCUT2D eigenvalue weighted by Crippen LogP contribution is 2.31. The molecule has 0 bridgehead atoms. The minimum atomic E-state index is -0.826. The van der Waals surface area contributed by atoms with Crippen LogP contribution in [0.4, 0.5) is 5.69 Å². The summed E-state index contributed by atoms with van der Waals surface area (Å²) < 4.78 is 5.53. The van der Waals surface area contributed by atoms with E-state index in [0.29, 0.717) is 19.3 Å². The number of hydrogen-bond donors (Lipinski definition) is 2. The lowest BCUT2D eigenvalue weighted by atomic mass is 10.0. The van der Waals surface area contributed by atoms with Crippen molar-refractivity contribution >= 4 is 17.6 Å². The third-order valence-corrected chi connectivity index (χ3v) is 4.21. The maximum Gasteiger partial charge on any atom is 0.303 e. The molecule has 25 heavy (non-hydrogen) atoms. The van der Waals surface area contributed by atoms with E-state index in [0.717, 1.165) is 35.6 Å². The molecule has 3 rings (SSSR count). The molecular weight excluding hydrogens is 318 g/mol. The summed E-state index contributed by atoms with van der Waals surface area (Å²) in [6, 6.07) is 13.9. The van der Waals surface area contributed by atoms with E-state index in [9.17, 15) is 9.59 Å². The second-order valence-electron chi connectivity index (χ2n) is 6.15. The molecule has 0 aromatic heterocycles. The Morgan fingerprint density at radius 1 is 1.04 bits per heavy atom. The first-order valence-electron chi connectivity index (χ1n) is 8.49. The molecule has 5 nitrogen and oxygen atoms in total. The fraction of sp³-hybridized carbons (Fsp3) is 0.300. The number of rotatable bonds is 7. The standard InChI is InChI=1S/C20H21NO4/c22-19(6-1-2-7-20(23)24)21-17-5-3-4-14(13-17)15-8-9-18-16(12-15)10-11-25-18/h3-5,8-9,12-13H,1-2,6-7,10-11H2,(H,21,22)(H,23,24). The third-order valence-electron chi connectivity index (χ3n) is 4.21. The molecule has 0 fully saturated rings. The van der Waals surface area contributed by atoms with Crippen molar-refractivity contribution in [2.75, 3.05) is 11.9 Å². The highest BCUT2D eigenvalue weighted by Gasteiger charge is 2.13. The number of carboxylic acids is 1. The number of anilines is 1. The van der Waals surface area contributed by atoms with Gasteiger partial charge in [0.2, 0.25) is 5.91 Å². The van der Waals surface area contributed by atoms with Gasteiger partial charge in [0, 0.05) is 24.9 Å². The number of carboxylic acid groups (broad SMARTS) is 1. The minimum absolute atomic E-state index is 0.0927. The van der Waals surface area contributed by atoms with Crippen molar-refractivity contribution in [1.29, 1.82) is 0 Å². The zero-order valence-corrected chi connectivity index (χ0v) is 14.0. The molecule has 0 radical (unpaired) electrons. The van der Waals surface area contributed by atoms with Gasteiger partial charge in [-0.3, -0.25) is 9.59 Å². The van der Waals surface area contributed by atoms with E-state index in [1.807, 2.05) is 36.4 Å². The number of benzene rings is 2. The van der Waals surface area contributed by atoms with E-state index in [1.54, 1.807) is 0 Å². The summed E-state index contributed by atoms with van der Waals surface area (Å²) >= 11 is 0. The molecule has 2 N–H and O–H groups in total. The molecule has 1 aliphatic rings. The van der Waals surface area contributed by atoms with Crippen LogP contribution in [0.15, 0.2) is 42.5 Å². The van der Waals surface area contributed by atoms with Crippen molar-refractivity contribution in [3.05, 3.63) is 48.0 Å². The van der Waals surface area contributed by atoms with Crippen LogP contribution in [0.2, 0.25) is 0 Å². The van der Waals surface area contributed by atoms with Gasteiger partial charge in [-0.25, -0.2) is 0 Å². The molecule has 0 saturated heterocycles. The SMILES string of the molecule is O=C(O)CCCCC(=O)Nc1cccc(-c2ccc3c(c2)CCO3)c1. The van der Waals surface area contributed by atoms with Crippen LogP contribution in [0.5, 0.6) is 5.75 Å². The van der Waals surface area contributed by atoms with E-state index in [2.05, 4.69) is 11.4 Å². The number of nitrogens with one attached hydrogen (secondary N) is 1. The second-order valence-corrected chi connectivity index (χ2v) is 6.15. The smallest absolute Gasteiger partial charge is 0.303 e. The molecule has 0 saturated carbocycles. The van der Waals surface area contributed by atoms with Gasteiger partial charge in [0.25, 0.3) is 0 Å². The van der Waals surface area contributed by atoms with Crippen molar-refractivity contribution in [2.24, 2.45) is 0 Å². The average Bonchev–Trinajstić information content (AvgIpc) is 3.06. The number of unbranched alkanes of at least 4 members (excludes halogenated alkanes) is 1. The Balaban J connectivity index is 1.61. The lowest BCUT2D eigenvalue weighted by Gasteiger charge is -2.09. The lowest BCUT2D eigenvalue weighted by molar-refractivity contribution is -0.137. The number of aliphatic carboxylic acids is 1. The summed E-state index contributed by atoms with van der Waals surface area (Å²) in [5, 5.41) is 11.5. The van der Waals surface area contributed by atoms with Gasteiger partial charge in [0.05, 0.1) is 6.61 Å². The van der Waals surface area contributed by atoms with E-state index in [1.165, 1.54) is 5.56 Å². The first-order valence-corrected chi connectivity index (χ1v) is 8.49. The van der Waals surface area contributed by atoms with Crippen molar-refractivity contribution in [1.82, 2.24) is 0 Å². The van der Waals surface area contributed by atoms with Crippen LogP contribution in [0.1, 0.15) is 31.2 Å². The number of ether oxygens (including phenoxy) is 1. The van der Waals surface area contributed by atoms with Crippen LogP contribution in [0, 0.1) is 0 Å². The summed E-state index contributed by atoms with van der Waals surface area (Å²) in [5.41, 5.74) is 4.10. The maximum atomic E-state index is 12.0. The fourth-order valence-electron chi connectivity index (χ4n) is 2.93. The molecule has 1 aliphatic heterocycles. The van der Waals surface area contributed by atoms with Crippen molar-refractivity contribution in [3.8, 4) is 16.9 Å². The van der Waals surface area contributed by atoms with Crippen LogP contribution in [-0.2, 0) is 16.0 Å². The normalized spacial score (nSPS) is 12.3. The maximum absolute atomic E-state index is 12.0. The number of fused-ring (bicyclic) bond motifs is 1. The number of amides is 1. The fourth-order valence-corrected chi connectivity index (χ4v) is 2.93.